The average Bonchev–Trinajstić information content (AvgIpc) is 2.72. The lowest BCUT2D eigenvalue weighted by atomic mass is 10.0. The second kappa shape index (κ2) is 8.28. The number of thioether (sulfide) groups is 1. The van der Waals surface area contributed by atoms with Crippen LogP contribution in [0.3, 0.4) is 0 Å². The van der Waals surface area contributed by atoms with Gasteiger partial charge in [-0.15, -0.1) is 0 Å². The van der Waals surface area contributed by atoms with Crippen LogP contribution in [0.5, 0.6) is 0 Å². The summed E-state index contributed by atoms with van der Waals surface area (Å²) in [5, 5.41) is 4.05. The minimum absolute atomic E-state index is 0.121. The Morgan fingerprint density at radius 1 is 1.27 bits per heavy atom. The van der Waals surface area contributed by atoms with Gasteiger partial charge in [0.25, 0.3) is 5.24 Å². The molecule has 0 bridgehead atoms. The smallest absolute Gasteiger partial charge is 0.311 e. The molecule has 8 heteroatoms. The number of anilines is 1. The van der Waals surface area contributed by atoms with Crippen LogP contribution < -0.4 is 5.32 Å². The number of hydrogen-bond acceptors (Lipinski definition) is 5. The van der Waals surface area contributed by atoms with Crippen molar-refractivity contribution in [3.63, 3.8) is 0 Å². The fourth-order valence-electron chi connectivity index (χ4n) is 2.60. The molecule has 1 unspecified atom stereocenters. The molecule has 0 saturated heterocycles. The first kappa shape index (κ1) is 21.2. The first-order valence-electron chi connectivity index (χ1n) is 8.36. The number of rotatable bonds is 2. The largest absolute Gasteiger partial charge is 0.460 e. The van der Waals surface area contributed by atoms with Gasteiger partial charge in [-0.1, -0.05) is 23.2 Å². The highest BCUT2D eigenvalue weighted by Gasteiger charge is 2.30. The van der Waals surface area contributed by atoms with Crippen LogP contribution >= 0.6 is 35.0 Å². The third kappa shape index (κ3) is 5.21. The van der Waals surface area contributed by atoms with E-state index < -0.39 is 5.60 Å². The molecule has 1 heterocycles. The lowest BCUT2D eigenvalue weighted by Crippen LogP contribution is -2.31. The normalized spacial score (nSPS) is 17.0. The Kier molecular flexibility index (Phi) is 6.75. The van der Waals surface area contributed by atoms with Crippen molar-refractivity contribution in [2.24, 2.45) is 5.92 Å². The van der Waals surface area contributed by atoms with E-state index in [9.17, 15) is 9.59 Å². The van der Waals surface area contributed by atoms with Crippen molar-refractivity contribution >= 4 is 51.9 Å². The van der Waals surface area contributed by atoms with Crippen LogP contribution in [0.15, 0.2) is 11.0 Å². The minimum atomic E-state index is -0.531. The highest BCUT2D eigenvalue weighted by Crippen LogP contribution is 2.43. The number of carbonyl (C=O) groups excluding carboxylic acids is 2. The van der Waals surface area contributed by atoms with Gasteiger partial charge in [0.05, 0.1) is 21.7 Å². The summed E-state index contributed by atoms with van der Waals surface area (Å²) in [5.74, 6) is -0.530. The number of ether oxygens (including phenoxy) is 1. The van der Waals surface area contributed by atoms with E-state index in [2.05, 4.69) is 5.32 Å². The molecule has 1 N–H and O–H groups in total. The summed E-state index contributed by atoms with van der Waals surface area (Å²) in [6.45, 7) is 5.97. The molecule has 144 valence electrons. The molecule has 1 atom stereocenters. The Labute approximate surface area is 168 Å². The van der Waals surface area contributed by atoms with Crippen molar-refractivity contribution < 1.29 is 14.3 Å². The van der Waals surface area contributed by atoms with Crippen molar-refractivity contribution in [2.45, 2.75) is 44.1 Å². The second-order valence-corrected chi connectivity index (χ2v) is 9.21. The zero-order valence-corrected chi connectivity index (χ0v) is 17.9. The molecule has 0 aliphatic carbocycles. The van der Waals surface area contributed by atoms with E-state index in [0.717, 1.165) is 23.0 Å². The summed E-state index contributed by atoms with van der Waals surface area (Å²) in [5.41, 5.74) is 1.07. The minimum Gasteiger partial charge on any atom is -0.460 e. The number of hydrogen-bond donors (Lipinski definition) is 1. The van der Waals surface area contributed by atoms with Crippen molar-refractivity contribution in [1.29, 1.82) is 0 Å². The number of carbonyl (C=O) groups is 2. The highest BCUT2D eigenvalue weighted by molar-refractivity contribution is 8.13. The maximum absolute atomic E-state index is 12.4. The Morgan fingerprint density at radius 3 is 2.50 bits per heavy atom. The van der Waals surface area contributed by atoms with E-state index in [1.807, 2.05) is 20.8 Å². The Morgan fingerprint density at radius 2 is 1.92 bits per heavy atom. The van der Waals surface area contributed by atoms with Crippen molar-refractivity contribution in [1.82, 2.24) is 4.90 Å². The van der Waals surface area contributed by atoms with E-state index in [4.69, 9.17) is 27.9 Å². The quantitative estimate of drug-likeness (QED) is 0.535. The Hall–Kier alpha value is -1.11. The summed E-state index contributed by atoms with van der Waals surface area (Å²) in [6.07, 6.45) is 1.17. The molecule has 1 aliphatic heterocycles. The second-order valence-electron chi connectivity index (χ2n) is 7.44. The van der Waals surface area contributed by atoms with E-state index in [1.165, 1.54) is 4.90 Å². The van der Waals surface area contributed by atoms with Gasteiger partial charge in [0, 0.05) is 25.5 Å². The van der Waals surface area contributed by atoms with Gasteiger partial charge in [-0.25, -0.2) is 0 Å². The van der Waals surface area contributed by atoms with Crippen LogP contribution in [-0.4, -0.2) is 42.3 Å². The maximum atomic E-state index is 12.4. The fraction of sp³-hybridized carbons (Fsp3) is 0.556. The predicted octanol–water partition coefficient (Wildman–Crippen LogP) is 5.08. The Bertz CT molecular complexity index is 717. The number of benzene rings is 1. The molecule has 5 nitrogen and oxygen atoms in total. The number of nitrogens with zero attached hydrogens (tertiary/aromatic N) is 1. The number of amides is 1. The van der Waals surface area contributed by atoms with Gasteiger partial charge in [-0.3, -0.25) is 9.59 Å². The molecule has 0 saturated carbocycles. The monoisotopic (exact) mass is 418 g/mol. The lowest BCUT2D eigenvalue weighted by Gasteiger charge is -2.23. The zero-order valence-electron chi connectivity index (χ0n) is 15.6. The number of halogens is 2. The van der Waals surface area contributed by atoms with Crippen LogP contribution in [0, 0.1) is 5.92 Å². The van der Waals surface area contributed by atoms with Crippen LogP contribution in [0.25, 0.3) is 0 Å². The first-order chi connectivity index (χ1) is 12.0. The SMILES string of the molecule is CN(C)C(=O)Sc1c(Cl)cc(Cl)c2c1CCC(C(=O)OC(C)(C)C)CN2. The molecule has 0 radical (unpaired) electrons. The molecule has 1 amide bonds. The van der Waals surface area contributed by atoms with Gasteiger partial charge in [0.15, 0.2) is 0 Å². The van der Waals surface area contributed by atoms with E-state index in [1.54, 1.807) is 20.2 Å². The molecular weight excluding hydrogens is 395 g/mol. The van der Waals surface area contributed by atoms with E-state index in [-0.39, 0.29) is 17.1 Å². The first-order valence-corrected chi connectivity index (χ1v) is 9.93. The molecule has 1 aliphatic rings. The summed E-state index contributed by atoms with van der Waals surface area (Å²) in [4.78, 5) is 26.8. The zero-order chi connectivity index (χ0) is 19.6. The average molecular weight is 419 g/mol. The van der Waals surface area contributed by atoms with Gasteiger partial charge in [0.1, 0.15) is 5.60 Å². The van der Waals surface area contributed by atoms with Crippen LogP contribution in [0.1, 0.15) is 32.8 Å². The van der Waals surface area contributed by atoms with Crippen molar-refractivity contribution in [2.75, 3.05) is 26.0 Å². The lowest BCUT2D eigenvalue weighted by molar-refractivity contribution is -0.159. The standard InChI is InChI=1S/C18H24Cl2N2O3S/c1-18(2,3)25-16(23)10-6-7-11-14(21-9-10)12(19)8-13(20)15(11)26-17(24)22(4)5/h8,10,21H,6-7,9H2,1-5H3. The Balaban J connectivity index is 2.29. The van der Waals surface area contributed by atoms with Gasteiger partial charge >= 0.3 is 5.97 Å². The molecule has 1 aromatic carbocycles. The van der Waals surface area contributed by atoms with Crippen molar-refractivity contribution in [3.8, 4) is 0 Å². The van der Waals surface area contributed by atoms with Crippen LogP contribution in [0.2, 0.25) is 10.0 Å². The molecule has 26 heavy (non-hydrogen) atoms. The molecule has 0 fully saturated rings. The number of fused-ring (bicyclic) bond motifs is 1. The summed E-state index contributed by atoms with van der Waals surface area (Å²) >= 11 is 13.8. The third-order valence-electron chi connectivity index (χ3n) is 3.85. The fourth-order valence-corrected chi connectivity index (χ4v) is 4.13. The van der Waals surface area contributed by atoms with Crippen LogP contribution in [-0.2, 0) is 16.0 Å². The van der Waals surface area contributed by atoms with Gasteiger partial charge in [-0.05, 0) is 57.0 Å². The van der Waals surface area contributed by atoms with Gasteiger partial charge in [0.2, 0.25) is 0 Å². The van der Waals surface area contributed by atoms with E-state index >= 15 is 0 Å². The highest BCUT2D eigenvalue weighted by atomic mass is 35.5. The molecule has 0 aromatic heterocycles. The summed E-state index contributed by atoms with van der Waals surface area (Å²) in [7, 11) is 3.38. The topological polar surface area (TPSA) is 58.6 Å². The van der Waals surface area contributed by atoms with Gasteiger partial charge in [-0.2, -0.15) is 0 Å². The van der Waals surface area contributed by atoms with E-state index in [0.29, 0.717) is 34.3 Å². The van der Waals surface area contributed by atoms with Crippen molar-refractivity contribution in [3.05, 3.63) is 21.7 Å². The predicted molar refractivity (Wildman–Crippen MR) is 108 cm³/mol. The van der Waals surface area contributed by atoms with Gasteiger partial charge < -0.3 is 15.0 Å². The molecule has 0 spiro atoms. The van der Waals surface area contributed by atoms with Crippen LogP contribution in [0.4, 0.5) is 10.5 Å². The summed E-state index contributed by atoms with van der Waals surface area (Å²) < 4.78 is 5.51. The summed E-state index contributed by atoms with van der Waals surface area (Å²) in [6, 6.07) is 1.63. The molecule has 2 rings (SSSR count). The molecule has 1 aromatic rings. The third-order valence-corrected chi connectivity index (χ3v) is 5.77. The molecular formula is C18H24Cl2N2O3S. The number of nitrogens with one attached hydrogen (secondary N) is 1. The maximum Gasteiger partial charge on any atom is 0.311 e. The number of esters is 1.